The molecule has 1 fully saturated rings. The summed E-state index contributed by atoms with van der Waals surface area (Å²) in [6.45, 7) is 4.11. The SMILES string of the molecule is CCC(=O)C1CCCCN1C(=O)Cc1c(C)nc(-c2ccncc2)[nH]c1=O. The Kier molecular flexibility index (Phi) is 5.78. The second-order valence-corrected chi connectivity index (χ2v) is 6.81. The van der Waals surface area contributed by atoms with Gasteiger partial charge in [0.05, 0.1) is 12.5 Å². The first-order valence-electron chi connectivity index (χ1n) is 9.33. The maximum atomic E-state index is 12.8. The summed E-state index contributed by atoms with van der Waals surface area (Å²) in [7, 11) is 0. The highest BCUT2D eigenvalue weighted by atomic mass is 16.2. The Balaban J connectivity index is 1.83. The van der Waals surface area contributed by atoms with Gasteiger partial charge in [-0.15, -0.1) is 0 Å². The fraction of sp³-hybridized carbons (Fsp3) is 0.450. The van der Waals surface area contributed by atoms with E-state index in [-0.39, 0.29) is 29.7 Å². The van der Waals surface area contributed by atoms with E-state index in [4.69, 9.17) is 0 Å². The average Bonchev–Trinajstić information content (AvgIpc) is 2.70. The standard InChI is InChI=1S/C20H24N4O3/c1-3-17(25)16-6-4-5-11-24(16)18(26)12-15-13(2)22-19(23-20(15)27)14-7-9-21-10-8-14/h7-10,16H,3-6,11-12H2,1-2H3,(H,22,23,27). The first kappa shape index (κ1) is 18.9. The first-order valence-corrected chi connectivity index (χ1v) is 9.33. The summed E-state index contributed by atoms with van der Waals surface area (Å²) in [6, 6.07) is 3.16. The van der Waals surface area contributed by atoms with Crippen LogP contribution in [0.3, 0.4) is 0 Å². The molecule has 1 aliphatic rings. The molecular formula is C20H24N4O3. The molecular weight excluding hydrogens is 344 g/mol. The van der Waals surface area contributed by atoms with Crippen molar-refractivity contribution in [2.24, 2.45) is 0 Å². The normalized spacial score (nSPS) is 17.0. The molecule has 0 bridgehead atoms. The van der Waals surface area contributed by atoms with E-state index in [1.165, 1.54) is 0 Å². The van der Waals surface area contributed by atoms with Crippen molar-refractivity contribution >= 4 is 11.7 Å². The van der Waals surface area contributed by atoms with Crippen molar-refractivity contribution in [3.05, 3.63) is 46.1 Å². The number of ketones is 1. The molecule has 2 aromatic heterocycles. The summed E-state index contributed by atoms with van der Waals surface area (Å²) < 4.78 is 0. The minimum atomic E-state index is -0.361. The summed E-state index contributed by atoms with van der Waals surface area (Å²) in [5, 5.41) is 0. The molecule has 1 aliphatic heterocycles. The zero-order chi connectivity index (χ0) is 19.4. The summed E-state index contributed by atoms with van der Waals surface area (Å²) in [4.78, 5) is 50.4. The van der Waals surface area contributed by atoms with Gasteiger partial charge in [0.2, 0.25) is 5.91 Å². The number of aromatic amines is 1. The van der Waals surface area contributed by atoms with Crippen LogP contribution in [0.2, 0.25) is 0 Å². The Hall–Kier alpha value is -2.83. The van der Waals surface area contributed by atoms with Crippen molar-refractivity contribution in [3.8, 4) is 11.4 Å². The van der Waals surface area contributed by atoms with Crippen LogP contribution in [0.4, 0.5) is 0 Å². The lowest BCUT2D eigenvalue weighted by atomic mass is 9.96. The van der Waals surface area contributed by atoms with Crippen LogP contribution in [0.5, 0.6) is 0 Å². The van der Waals surface area contributed by atoms with Gasteiger partial charge in [-0.2, -0.15) is 0 Å². The van der Waals surface area contributed by atoms with Crippen LogP contribution in [0.1, 0.15) is 43.9 Å². The van der Waals surface area contributed by atoms with Gasteiger partial charge in [-0.1, -0.05) is 6.92 Å². The number of nitrogens with one attached hydrogen (secondary N) is 1. The van der Waals surface area contributed by atoms with Crippen LogP contribution in [0.15, 0.2) is 29.3 Å². The van der Waals surface area contributed by atoms with Crippen molar-refractivity contribution in [1.29, 1.82) is 0 Å². The predicted molar refractivity (Wildman–Crippen MR) is 101 cm³/mol. The van der Waals surface area contributed by atoms with Crippen molar-refractivity contribution < 1.29 is 9.59 Å². The summed E-state index contributed by atoms with van der Waals surface area (Å²) >= 11 is 0. The van der Waals surface area contributed by atoms with Crippen LogP contribution in [-0.2, 0) is 16.0 Å². The van der Waals surface area contributed by atoms with E-state index in [1.807, 2.05) is 6.92 Å². The molecule has 7 heteroatoms. The molecule has 2 aromatic rings. The lowest BCUT2D eigenvalue weighted by Crippen LogP contribution is -2.48. The number of hydrogen-bond donors (Lipinski definition) is 1. The number of hydrogen-bond acceptors (Lipinski definition) is 5. The molecule has 1 atom stereocenters. The third-order valence-corrected chi connectivity index (χ3v) is 5.05. The number of Topliss-reactive ketones (excluding diaryl/α,β-unsaturated/α-hetero) is 1. The molecule has 1 amide bonds. The number of aromatic nitrogens is 3. The molecule has 3 heterocycles. The molecule has 1 unspecified atom stereocenters. The first-order chi connectivity index (χ1) is 13.0. The number of carbonyl (C=O) groups is 2. The van der Waals surface area contributed by atoms with Crippen LogP contribution >= 0.6 is 0 Å². The van der Waals surface area contributed by atoms with Crippen molar-refractivity contribution in [1.82, 2.24) is 19.9 Å². The van der Waals surface area contributed by atoms with Crippen LogP contribution < -0.4 is 5.56 Å². The van der Waals surface area contributed by atoms with Crippen LogP contribution in [0.25, 0.3) is 11.4 Å². The van der Waals surface area contributed by atoms with Crippen LogP contribution in [-0.4, -0.2) is 44.1 Å². The van der Waals surface area contributed by atoms with E-state index in [1.54, 1.807) is 36.4 Å². The van der Waals surface area contributed by atoms with E-state index in [0.29, 0.717) is 36.5 Å². The predicted octanol–water partition coefficient (Wildman–Crippen LogP) is 2.04. The lowest BCUT2D eigenvalue weighted by Gasteiger charge is -2.34. The molecule has 0 aromatic carbocycles. The summed E-state index contributed by atoms with van der Waals surface area (Å²) in [5.41, 5.74) is 1.31. The molecule has 0 aliphatic carbocycles. The maximum absolute atomic E-state index is 12.8. The monoisotopic (exact) mass is 368 g/mol. The van der Waals surface area contributed by atoms with E-state index in [2.05, 4.69) is 15.0 Å². The number of nitrogens with zero attached hydrogens (tertiary/aromatic N) is 3. The molecule has 142 valence electrons. The summed E-state index contributed by atoms with van der Waals surface area (Å²) in [6.07, 6.45) is 6.16. The smallest absolute Gasteiger partial charge is 0.255 e. The highest BCUT2D eigenvalue weighted by Crippen LogP contribution is 2.20. The minimum Gasteiger partial charge on any atom is -0.332 e. The Bertz CT molecular complexity index is 892. The Labute approximate surface area is 157 Å². The van der Waals surface area contributed by atoms with Crippen molar-refractivity contribution in [2.45, 2.75) is 52.0 Å². The van der Waals surface area contributed by atoms with E-state index < -0.39 is 0 Å². The van der Waals surface area contributed by atoms with Crippen molar-refractivity contribution in [2.75, 3.05) is 6.54 Å². The molecule has 1 saturated heterocycles. The van der Waals surface area contributed by atoms with Gasteiger partial charge in [0, 0.05) is 42.2 Å². The third-order valence-electron chi connectivity index (χ3n) is 5.05. The number of likely N-dealkylation sites (tertiary alicyclic amines) is 1. The maximum Gasteiger partial charge on any atom is 0.255 e. The minimum absolute atomic E-state index is 0.0434. The zero-order valence-electron chi connectivity index (χ0n) is 15.7. The largest absolute Gasteiger partial charge is 0.332 e. The van der Waals surface area contributed by atoms with E-state index >= 15 is 0 Å². The van der Waals surface area contributed by atoms with E-state index in [9.17, 15) is 14.4 Å². The van der Waals surface area contributed by atoms with Gasteiger partial charge in [0.15, 0.2) is 5.78 Å². The second-order valence-electron chi connectivity index (χ2n) is 6.81. The number of carbonyl (C=O) groups excluding carboxylic acids is 2. The topological polar surface area (TPSA) is 96.0 Å². The summed E-state index contributed by atoms with van der Waals surface area (Å²) in [5.74, 6) is 0.349. The highest BCUT2D eigenvalue weighted by Gasteiger charge is 2.31. The molecule has 0 radical (unpaired) electrons. The number of rotatable bonds is 5. The van der Waals surface area contributed by atoms with Gasteiger partial charge >= 0.3 is 0 Å². The Morgan fingerprint density at radius 3 is 2.67 bits per heavy atom. The third kappa shape index (κ3) is 4.13. The van der Waals surface area contributed by atoms with Gasteiger partial charge in [0.1, 0.15) is 5.82 Å². The number of H-pyrrole nitrogens is 1. The van der Waals surface area contributed by atoms with Gasteiger partial charge in [-0.3, -0.25) is 19.4 Å². The number of pyridine rings is 1. The molecule has 27 heavy (non-hydrogen) atoms. The van der Waals surface area contributed by atoms with Gasteiger partial charge in [0.25, 0.3) is 5.56 Å². The van der Waals surface area contributed by atoms with Gasteiger partial charge in [-0.25, -0.2) is 4.98 Å². The van der Waals surface area contributed by atoms with Crippen LogP contribution in [0, 0.1) is 6.92 Å². The molecule has 3 rings (SSSR count). The fourth-order valence-electron chi connectivity index (χ4n) is 3.52. The molecule has 1 N–H and O–H groups in total. The van der Waals surface area contributed by atoms with Crippen molar-refractivity contribution in [3.63, 3.8) is 0 Å². The molecule has 7 nitrogen and oxygen atoms in total. The number of piperidine rings is 1. The Morgan fingerprint density at radius 2 is 2.00 bits per heavy atom. The van der Waals surface area contributed by atoms with E-state index in [0.717, 1.165) is 18.4 Å². The number of aryl methyl sites for hydroxylation is 1. The molecule has 0 spiro atoms. The lowest BCUT2D eigenvalue weighted by molar-refractivity contribution is -0.140. The quantitative estimate of drug-likeness (QED) is 0.871. The highest BCUT2D eigenvalue weighted by molar-refractivity contribution is 5.89. The van der Waals surface area contributed by atoms with Gasteiger partial charge < -0.3 is 9.88 Å². The zero-order valence-corrected chi connectivity index (χ0v) is 15.7. The average molecular weight is 368 g/mol. The molecule has 0 saturated carbocycles. The fourth-order valence-corrected chi connectivity index (χ4v) is 3.52. The second kappa shape index (κ2) is 8.24. The number of amides is 1. The Morgan fingerprint density at radius 1 is 1.26 bits per heavy atom. The van der Waals surface area contributed by atoms with Gasteiger partial charge in [-0.05, 0) is 38.3 Å².